The Labute approximate surface area is 133 Å². The Hall–Kier alpha value is -1.39. The largest absolute Gasteiger partial charge is 0.457 e. The molecule has 2 nitrogen and oxygen atoms in total. The third-order valence-corrected chi connectivity index (χ3v) is 3.54. The second-order valence-corrected chi connectivity index (χ2v) is 6.25. The van der Waals surface area contributed by atoms with Gasteiger partial charge in [-0.15, -0.1) is 0 Å². The first-order chi connectivity index (χ1) is 9.94. The summed E-state index contributed by atoms with van der Waals surface area (Å²) in [6.45, 7) is 7.12. The third-order valence-electron chi connectivity index (χ3n) is 3.09. The van der Waals surface area contributed by atoms with E-state index in [1.165, 1.54) is 17.7 Å². The predicted octanol–water partition coefficient (Wildman–Crippen LogP) is 5.19. The third kappa shape index (κ3) is 4.83. The molecule has 0 saturated heterocycles. The smallest absolute Gasteiger partial charge is 0.131 e. The van der Waals surface area contributed by atoms with E-state index < -0.39 is 0 Å². The number of benzene rings is 2. The fraction of sp³-hybridized carbons (Fsp3) is 0.294. The van der Waals surface area contributed by atoms with E-state index in [2.05, 4.69) is 35.1 Å². The van der Waals surface area contributed by atoms with Gasteiger partial charge in [-0.1, -0.05) is 35.8 Å². The van der Waals surface area contributed by atoms with Gasteiger partial charge in [-0.2, -0.15) is 0 Å². The van der Waals surface area contributed by atoms with E-state index in [4.69, 9.17) is 4.74 Å². The van der Waals surface area contributed by atoms with Crippen molar-refractivity contribution in [2.45, 2.75) is 33.4 Å². The van der Waals surface area contributed by atoms with Gasteiger partial charge in [0, 0.05) is 23.1 Å². The van der Waals surface area contributed by atoms with Crippen LogP contribution in [-0.2, 0) is 6.54 Å². The second kappa shape index (κ2) is 7.05. The zero-order valence-electron chi connectivity index (χ0n) is 12.4. The van der Waals surface area contributed by atoms with Crippen LogP contribution in [-0.4, -0.2) is 6.04 Å². The Morgan fingerprint density at radius 3 is 2.52 bits per heavy atom. The first kappa shape index (κ1) is 16.0. The summed E-state index contributed by atoms with van der Waals surface area (Å²) in [5.74, 6) is 0.862. The Morgan fingerprint density at radius 2 is 1.90 bits per heavy atom. The van der Waals surface area contributed by atoms with Gasteiger partial charge in [0.1, 0.15) is 17.3 Å². The number of hydrogen-bond acceptors (Lipinski definition) is 2. The molecule has 0 spiro atoms. The van der Waals surface area contributed by atoms with Gasteiger partial charge in [-0.3, -0.25) is 0 Å². The van der Waals surface area contributed by atoms with Crippen LogP contribution in [0.2, 0.25) is 0 Å². The van der Waals surface area contributed by atoms with Crippen LogP contribution < -0.4 is 10.1 Å². The van der Waals surface area contributed by atoms with Crippen molar-refractivity contribution in [2.24, 2.45) is 0 Å². The van der Waals surface area contributed by atoms with Crippen molar-refractivity contribution < 1.29 is 9.13 Å². The number of hydrogen-bond donors (Lipinski definition) is 1. The summed E-state index contributed by atoms with van der Waals surface area (Å²) in [6, 6.07) is 10.9. The summed E-state index contributed by atoms with van der Waals surface area (Å²) in [4.78, 5) is 0. The molecule has 0 saturated carbocycles. The lowest BCUT2D eigenvalue weighted by Crippen LogP contribution is -2.22. The Morgan fingerprint density at radius 1 is 1.14 bits per heavy atom. The van der Waals surface area contributed by atoms with E-state index in [0.29, 0.717) is 22.0 Å². The van der Waals surface area contributed by atoms with E-state index in [1.807, 2.05) is 25.1 Å². The van der Waals surface area contributed by atoms with Crippen LogP contribution in [0.4, 0.5) is 4.39 Å². The highest BCUT2D eigenvalue weighted by Gasteiger charge is 2.05. The molecule has 0 radical (unpaired) electrons. The van der Waals surface area contributed by atoms with Crippen LogP contribution in [0.15, 0.2) is 40.9 Å². The number of nitrogens with one attached hydrogen (secondary N) is 1. The van der Waals surface area contributed by atoms with Crippen LogP contribution >= 0.6 is 15.9 Å². The zero-order chi connectivity index (χ0) is 15.4. The molecular formula is C17H19BrFNO. The minimum atomic E-state index is -0.325. The normalized spacial score (nSPS) is 11.0. The molecule has 0 aliphatic carbocycles. The monoisotopic (exact) mass is 351 g/mol. The Bertz CT molecular complexity index is 608. The summed E-state index contributed by atoms with van der Waals surface area (Å²) < 4.78 is 19.7. The van der Waals surface area contributed by atoms with Crippen molar-refractivity contribution >= 4 is 15.9 Å². The molecule has 4 heteroatoms. The van der Waals surface area contributed by atoms with E-state index in [9.17, 15) is 4.39 Å². The molecule has 0 atom stereocenters. The van der Waals surface area contributed by atoms with E-state index in [1.54, 1.807) is 6.07 Å². The molecule has 0 heterocycles. The molecule has 0 aliphatic rings. The molecule has 0 bridgehead atoms. The number of aryl methyl sites for hydroxylation is 1. The van der Waals surface area contributed by atoms with Crippen LogP contribution in [0.3, 0.4) is 0 Å². The molecule has 21 heavy (non-hydrogen) atoms. The minimum Gasteiger partial charge on any atom is -0.457 e. The highest BCUT2D eigenvalue weighted by atomic mass is 79.9. The summed E-state index contributed by atoms with van der Waals surface area (Å²) in [5.41, 5.74) is 2.38. The molecular weight excluding hydrogens is 333 g/mol. The fourth-order valence-corrected chi connectivity index (χ4v) is 2.41. The number of rotatable bonds is 5. The van der Waals surface area contributed by atoms with E-state index in [0.717, 1.165) is 12.1 Å². The highest BCUT2D eigenvalue weighted by molar-refractivity contribution is 9.10. The molecule has 1 N–H and O–H groups in total. The number of halogens is 2. The second-order valence-electron chi connectivity index (χ2n) is 5.33. The van der Waals surface area contributed by atoms with Gasteiger partial charge in [-0.05, 0) is 42.3 Å². The summed E-state index contributed by atoms with van der Waals surface area (Å²) in [6.07, 6.45) is 0. The lowest BCUT2D eigenvalue weighted by molar-refractivity contribution is 0.475. The molecule has 0 amide bonds. The summed E-state index contributed by atoms with van der Waals surface area (Å²) in [5, 5.41) is 3.39. The minimum absolute atomic E-state index is 0.325. The van der Waals surface area contributed by atoms with Gasteiger partial charge in [0.15, 0.2) is 0 Å². The average Bonchev–Trinajstić information content (AvgIpc) is 2.36. The molecule has 2 aromatic rings. The lowest BCUT2D eigenvalue weighted by Gasteiger charge is -2.12. The first-order valence-corrected chi connectivity index (χ1v) is 7.70. The maximum absolute atomic E-state index is 13.3. The van der Waals surface area contributed by atoms with E-state index in [-0.39, 0.29) is 5.82 Å². The van der Waals surface area contributed by atoms with Crippen molar-refractivity contribution in [1.82, 2.24) is 5.32 Å². The lowest BCUT2D eigenvalue weighted by atomic mass is 10.1. The van der Waals surface area contributed by atoms with Gasteiger partial charge in [0.2, 0.25) is 0 Å². The molecule has 0 aliphatic heterocycles. The average molecular weight is 352 g/mol. The maximum Gasteiger partial charge on any atom is 0.131 e. The van der Waals surface area contributed by atoms with Crippen molar-refractivity contribution in [1.29, 1.82) is 0 Å². The molecule has 2 rings (SSSR count). The zero-order valence-corrected chi connectivity index (χ0v) is 14.0. The van der Waals surface area contributed by atoms with Crippen LogP contribution in [0, 0.1) is 12.7 Å². The highest BCUT2D eigenvalue weighted by Crippen LogP contribution is 2.27. The topological polar surface area (TPSA) is 21.3 Å². The molecule has 0 fully saturated rings. The SMILES string of the molecule is Cc1cc(Oc2cc(F)cc(Br)c2)ccc1CNC(C)C. The molecule has 0 unspecified atom stereocenters. The van der Waals surface area contributed by atoms with E-state index >= 15 is 0 Å². The Kier molecular flexibility index (Phi) is 5.37. The van der Waals surface area contributed by atoms with Crippen LogP contribution in [0.5, 0.6) is 11.5 Å². The van der Waals surface area contributed by atoms with Crippen molar-refractivity contribution in [3.63, 3.8) is 0 Å². The van der Waals surface area contributed by atoms with Crippen LogP contribution in [0.25, 0.3) is 0 Å². The summed E-state index contributed by atoms with van der Waals surface area (Å²) in [7, 11) is 0. The predicted molar refractivity (Wildman–Crippen MR) is 87.3 cm³/mol. The van der Waals surface area contributed by atoms with Crippen molar-refractivity contribution in [3.8, 4) is 11.5 Å². The molecule has 112 valence electrons. The maximum atomic E-state index is 13.3. The quantitative estimate of drug-likeness (QED) is 0.800. The van der Waals surface area contributed by atoms with Gasteiger partial charge in [0.05, 0.1) is 0 Å². The van der Waals surface area contributed by atoms with Gasteiger partial charge in [0.25, 0.3) is 0 Å². The first-order valence-electron chi connectivity index (χ1n) is 6.91. The molecule has 2 aromatic carbocycles. The Balaban J connectivity index is 2.12. The van der Waals surface area contributed by atoms with Crippen molar-refractivity contribution in [2.75, 3.05) is 0 Å². The number of ether oxygens (including phenoxy) is 1. The molecule has 0 aromatic heterocycles. The van der Waals surface area contributed by atoms with Gasteiger partial charge >= 0.3 is 0 Å². The van der Waals surface area contributed by atoms with Gasteiger partial charge < -0.3 is 10.1 Å². The fourth-order valence-electron chi connectivity index (χ4n) is 1.97. The van der Waals surface area contributed by atoms with Gasteiger partial charge in [-0.25, -0.2) is 4.39 Å². The standard InChI is InChI=1S/C17H19BrFNO/c1-11(2)20-10-13-4-5-16(6-12(13)3)21-17-8-14(18)7-15(19)9-17/h4-9,11,20H,10H2,1-3H3. The van der Waals surface area contributed by atoms with Crippen LogP contribution in [0.1, 0.15) is 25.0 Å². The van der Waals surface area contributed by atoms with Crippen molar-refractivity contribution in [3.05, 3.63) is 57.8 Å². The summed E-state index contributed by atoms with van der Waals surface area (Å²) >= 11 is 3.26.